The minimum absolute atomic E-state index is 0. The number of halogens is 1. The molecule has 0 saturated heterocycles. The molecule has 2 aromatic rings. The topological polar surface area (TPSA) is 70.4 Å². The summed E-state index contributed by atoms with van der Waals surface area (Å²) in [5, 5.41) is 15.2. The largest absolute Gasteiger partial charge is 0.375 e. The summed E-state index contributed by atoms with van der Waals surface area (Å²) in [4.78, 5) is 7.00. The molecular formula is C22H38IN7S. The molecule has 31 heavy (non-hydrogen) atoms. The van der Waals surface area contributed by atoms with Gasteiger partial charge in [-0.15, -0.1) is 34.2 Å². The Morgan fingerprint density at radius 1 is 1.13 bits per heavy atom. The van der Waals surface area contributed by atoms with Gasteiger partial charge in [-0.05, 0) is 25.5 Å². The van der Waals surface area contributed by atoms with Crippen LogP contribution in [0.3, 0.4) is 0 Å². The molecule has 0 aliphatic heterocycles. The number of rotatable bonds is 10. The first-order chi connectivity index (χ1) is 14.3. The van der Waals surface area contributed by atoms with Crippen LogP contribution in [0.5, 0.6) is 0 Å². The molecule has 1 aromatic carbocycles. The van der Waals surface area contributed by atoms with E-state index in [1.54, 1.807) is 0 Å². The maximum absolute atomic E-state index is 4.73. The zero-order chi connectivity index (χ0) is 22.0. The van der Waals surface area contributed by atoms with Crippen molar-refractivity contribution in [1.82, 2.24) is 25.4 Å². The number of para-hydroxylation sites is 1. The molecule has 0 saturated carbocycles. The van der Waals surface area contributed by atoms with E-state index in [1.165, 1.54) is 5.69 Å². The molecule has 0 fully saturated rings. The molecule has 0 bridgehead atoms. The van der Waals surface area contributed by atoms with E-state index < -0.39 is 0 Å². The fraction of sp³-hybridized carbons (Fsp3) is 0.591. The van der Waals surface area contributed by atoms with E-state index in [0.29, 0.717) is 6.54 Å². The molecule has 1 aromatic heterocycles. The molecule has 1 heterocycles. The Kier molecular flexibility index (Phi) is 12.3. The van der Waals surface area contributed by atoms with Crippen molar-refractivity contribution in [3.8, 4) is 0 Å². The van der Waals surface area contributed by atoms with Crippen molar-refractivity contribution in [3.63, 3.8) is 0 Å². The van der Waals surface area contributed by atoms with Crippen LogP contribution in [0.2, 0.25) is 0 Å². The van der Waals surface area contributed by atoms with Crippen molar-refractivity contribution >= 4 is 47.4 Å². The van der Waals surface area contributed by atoms with Crippen LogP contribution < -0.4 is 15.5 Å². The predicted octanol–water partition coefficient (Wildman–Crippen LogP) is 3.83. The maximum atomic E-state index is 4.73. The monoisotopic (exact) mass is 559 g/mol. The Hall–Kier alpha value is -1.49. The number of nitrogens with one attached hydrogen (secondary N) is 2. The first-order valence-corrected chi connectivity index (χ1v) is 11.5. The van der Waals surface area contributed by atoms with E-state index in [9.17, 15) is 0 Å². The molecule has 9 heteroatoms. The normalized spacial score (nSPS) is 11.7. The molecule has 0 unspecified atom stereocenters. The summed E-state index contributed by atoms with van der Waals surface area (Å²) in [5.74, 6) is 3.62. The minimum Gasteiger partial charge on any atom is -0.375 e. The number of benzene rings is 1. The van der Waals surface area contributed by atoms with Crippen LogP contribution in [-0.2, 0) is 13.6 Å². The number of aliphatic imine (C=N–C) groups is 1. The molecule has 0 radical (unpaired) electrons. The standard InChI is InChI=1S/C22H37N7S.HI/c1-18-26-27-20(29(18)6)17-25-21(24-14-16-30-22(2,3)4)23-13-10-15-28(5)19-11-8-7-9-12-19;/h7-9,11-12H,10,13-17H2,1-6H3,(H2,23,24,25);1H. The van der Waals surface area contributed by atoms with E-state index in [-0.39, 0.29) is 28.7 Å². The zero-order valence-electron chi connectivity index (χ0n) is 19.7. The second kappa shape index (κ2) is 13.8. The lowest BCUT2D eigenvalue weighted by Crippen LogP contribution is -2.40. The third kappa shape index (κ3) is 10.6. The first kappa shape index (κ1) is 27.5. The summed E-state index contributed by atoms with van der Waals surface area (Å²) in [6.45, 7) is 11.9. The van der Waals surface area contributed by atoms with Gasteiger partial charge in [0, 0.05) is 49.9 Å². The van der Waals surface area contributed by atoms with Crippen LogP contribution in [0, 0.1) is 6.92 Å². The molecule has 7 nitrogen and oxygen atoms in total. The van der Waals surface area contributed by atoms with Gasteiger partial charge in [0.05, 0.1) is 0 Å². The van der Waals surface area contributed by atoms with Gasteiger partial charge in [-0.25, -0.2) is 4.99 Å². The van der Waals surface area contributed by atoms with Crippen molar-refractivity contribution in [2.24, 2.45) is 12.0 Å². The van der Waals surface area contributed by atoms with Crippen molar-refractivity contribution in [3.05, 3.63) is 42.0 Å². The van der Waals surface area contributed by atoms with Gasteiger partial charge >= 0.3 is 0 Å². The molecule has 174 valence electrons. The second-order valence-electron chi connectivity index (χ2n) is 8.31. The van der Waals surface area contributed by atoms with E-state index in [1.807, 2.05) is 36.4 Å². The highest BCUT2D eigenvalue weighted by Crippen LogP contribution is 2.21. The molecule has 0 spiro atoms. The van der Waals surface area contributed by atoms with Crippen molar-refractivity contribution in [1.29, 1.82) is 0 Å². The van der Waals surface area contributed by atoms with Crippen LogP contribution >= 0.6 is 35.7 Å². The Balaban J connectivity index is 0.00000480. The smallest absolute Gasteiger partial charge is 0.191 e. The SMILES string of the molecule is Cc1nnc(CN=C(NCCCN(C)c2ccccc2)NCCSC(C)(C)C)n1C.I. The Morgan fingerprint density at radius 3 is 2.42 bits per heavy atom. The van der Waals surface area contributed by atoms with Crippen LogP contribution in [0.1, 0.15) is 38.8 Å². The van der Waals surface area contributed by atoms with Gasteiger partial charge in [0.15, 0.2) is 11.8 Å². The fourth-order valence-electron chi connectivity index (χ4n) is 2.77. The van der Waals surface area contributed by atoms with E-state index >= 15 is 0 Å². The van der Waals surface area contributed by atoms with Crippen LogP contribution in [-0.4, -0.2) is 57.9 Å². The summed E-state index contributed by atoms with van der Waals surface area (Å²) in [6, 6.07) is 10.5. The third-order valence-corrected chi connectivity index (χ3v) is 5.92. The minimum atomic E-state index is 0. The number of hydrogen-bond acceptors (Lipinski definition) is 5. The van der Waals surface area contributed by atoms with Gasteiger partial charge in [0.1, 0.15) is 12.4 Å². The highest BCUT2D eigenvalue weighted by molar-refractivity contribution is 14.0. The fourth-order valence-corrected chi connectivity index (χ4v) is 3.59. The van der Waals surface area contributed by atoms with Gasteiger partial charge in [-0.3, -0.25) is 0 Å². The average Bonchev–Trinajstić information content (AvgIpc) is 3.03. The van der Waals surface area contributed by atoms with Gasteiger partial charge < -0.3 is 20.1 Å². The van der Waals surface area contributed by atoms with Crippen molar-refractivity contribution < 1.29 is 0 Å². The number of aryl methyl sites for hydroxylation is 1. The summed E-state index contributed by atoms with van der Waals surface area (Å²) < 4.78 is 2.25. The Labute approximate surface area is 208 Å². The quantitative estimate of drug-likeness (QED) is 0.200. The summed E-state index contributed by atoms with van der Waals surface area (Å²) in [6.07, 6.45) is 1.02. The Morgan fingerprint density at radius 2 is 1.81 bits per heavy atom. The number of nitrogens with zero attached hydrogens (tertiary/aromatic N) is 5. The third-order valence-electron chi connectivity index (χ3n) is 4.65. The number of guanidine groups is 1. The summed E-state index contributed by atoms with van der Waals surface area (Å²) in [5.41, 5.74) is 1.24. The molecule has 2 rings (SSSR count). The van der Waals surface area contributed by atoms with E-state index in [4.69, 9.17) is 4.99 Å². The second-order valence-corrected chi connectivity index (χ2v) is 10.2. The lowest BCUT2D eigenvalue weighted by Gasteiger charge is -2.20. The number of hydrogen-bond donors (Lipinski definition) is 2. The van der Waals surface area contributed by atoms with Crippen molar-refractivity contribution in [2.45, 2.75) is 45.4 Å². The van der Waals surface area contributed by atoms with Gasteiger partial charge in [0.25, 0.3) is 0 Å². The molecular weight excluding hydrogens is 521 g/mol. The lowest BCUT2D eigenvalue weighted by atomic mass is 10.3. The highest BCUT2D eigenvalue weighted by Gasteiger charge is 2.10. The van der Waals surface area contributed by atoms with E-state index in [0.717, 1.165) is 49.4 Å². The predicted molar refractivity (Wildman–Crippen MR) is 145 cm³/mol. The van der Waals surface area contributed by atoms with Crippen LogP contribution in [0.4, 0.5) is 5.69 Å². The van der Waals surface area contributed by atoms with Gasteiger partial charge in [-0.2, -0.15) is 11.8 Å². The lowest BCUT2D eigenvalue weighted by molar-refractivity contribution is 0.722. The molecule has 0 atom stereocenters. The number of thioether (sulfide) groups is 1. The van der Waals surface area contributed by atoms with Gasteiger partial charge in [-0.1, -0.05) is 39.0 Å². The number of aromatic nitrogens is 3. The van der Waals surface area contributed by atoms with E-state index in [2.05, 4.69) is 77.8 Å². The molecule has 0 aliphatic carbocycles. The zero-order valence-corrected chi connectivity index (χ0v) is 22.8. The van der Waals surface area contributed by atoms with Crippen LogP contribution in [0.15, 0.2) is 35.3 Å². The first-order valence-electron chi connectivity index (χ1n) is 10.5. The molecule has 0 amide bonds. The van der Waals surface area contributed by atoms with Gasteiger partial charge in [0.2, 0.25) is 0 Å². The van der Waals surface area contributed by atoms with Crippen molar-refractivity contribution in [2.75, 3.05) is 37.3 Å². The Bertz CT molecular complexity index is 787. The summed E-state index contributed by atoms with van der Waals surface area (Å²) >= 11 is 1.95. The summed E-state index contributed by atoms with van der Waals surface area (Å²) in [7, 11) is 4.10. The van der Waals surface area contributed by atoms with Crippen LogP contribution in [0.25, 0.3) is 0 Å². The average molecular weight is 560 g/mol. The molecule has 2 N–H and O–H groups in total. The number of anilines is 1. The maximum Gasteiger partial charge on any atom is 0.191 e. The highest BCUT2D eigenvalue weighted by atomic mass is 127. The molecule has 0 aliphatic rings.